The molecular weight excluding hydrogens is 222 g/mol. The van der Waals surface area contributed by atoms with Gasteiger partial charge in [0.1, 0.15) is 11.5 Å². The van der Waals surface area contributed by atoms with Gasteiger partial charge in [-0.3, -0.25) is 4.79 Å². The van der Waals surface area contributed by atoms with Crippen LogP contribution in [0.1, 0.15) is 23.2 Å². The number of amides is 1. The average molecular weight is 237 g/mol. The van der Waals surface area contributed by atoms with Crippen LogP contribution < -0.4 is 0 Å². The van der Waals surface area contributed by atoms with E-state index in [0.717, 1.165) is 18.9 Å². The number of aromatic hydroxyl groups is 2. The SMILES string of the molecule is O=C(c1ccc(O)cc1O)N1CCC[C@@H]1CO. The minimum absolute atomic E-state index is 0.0649. The number of benzene rings is 1. The fourth-order valence-electron chi connectivity index (χ4n) is 2.15. The van der Waals surface area contributed by atoms with Crippen molar-refractivity contribution in [3.05, 3.63) is 23.8 Å². The lowest BCUT2D eigenvalue weighted by Crippen LogP contribution is -2.37. The summed E-state index contributed by atoms with van der Waals surface area (Å²) in [7, 11) is 0. The molecule has 0 saturated carbocycles. The molecule has 1 heterocycles. The van der Waals surface area contributed by atoms with E-state index in [0.29, 0.717) is 6.54 Å². The Kier molecular flexibility index (Phi) is 3.19. The summed E-state index contributed by atoms with van der Waals surface area (Å²) < 4.78 is 0. The lowest BCUT2D eigenvalue weighted by Gasteiger charge is -2.23. The molecule has 3 N–H and O–H groups in total. The van der Waals surface area contributed by atoms with Gasteiger partial charge >= 0.3 is 0 Å². The van der Waals surface area contributed by atoms with Crippen molar-refractivity contribution in [2.24, 2.45) is 0 Å². The highest BCUT2D eigenvalue weighted by molar-refractivity contribution is 5.97. The molecule has 1 amide bonds. The second kappa shape index (κ2) is 4.63. The predicted octanol–water partition coefficient (Wildman–Crippen LogP) is 0.695. The highest BCUT2D eigenvalue weighted by Gasteiger charge is 2.29. The summed E-state index contributed by atoms with van der Waals surface area (Å²) in [5.41, 5.74) is 0.156. The number of carbonyl (C=O) groups is 1. The summed E-state index contributed by atoms with van der Waals surface area (Å²) in [5.74, 6) is -0.628. The Morgan fingerprint density at radius 3 is 2.82 bits per heavy atom. The molecule has 2 rings (SSSR count). The monoisotopic (exact) mass is 237 g/mol. The van der Waals surface area contributed by atoms with Crippen molar-refractivity contribution >= 4 is 5.91 Å². The number of phenols is 2. The van der Waals surface area contributed by atoms with E-state index in [1.165, 1.54) is 12.1 Å². The van der Waals surface area contributed by atoms with Crippen LogP contribution in [0, 0.1) is 0 Å². The summed E-state index contributed by atoms with van der Waals surface area (Å²) in [5, 5.41) is 27.9. The number of carbonyl (C=O) groups excluding carboxylic acids is 1. The summed E-state index contributed by atoms with van der Waals surface area (Å²) >= 11 is 0. The predicted molar refractivity (Wildman–Crippen MR) is 60.9 cm³/mol. The Hall–Kier alpha value is -1.75. The fourth-order valence-corrected chi connectivity index (χ4v) is 2.15. The van der Waals surface area contributed by atoms with Gasteiger partial charge in [-0.2, -0.15) is 0 Å². The van der Waals surface area contributed by atoms with Gasteiger partial charge in [0.25, 0.3) is 5.91 Å². The molecule has 1 aliphatic rings. The standard InChI is InChI=1S/C12H15NO4/c14-7-8-2-1-5-13(8)12(17)10-4-3-9(15)6-11(10)16/h3-4,6,8,14-16H,1-2,5,7H2/t8-/m1/s1. The third-order valence-corrected chi connectivity index (χ3v) is 3.06. The van der Waals surface area contributed by atoms with Gasteiger partial charge in [0.15, 0.2) is 0 Å². The van der Waals surface area contributed by atoms with Gasteiger partial charge in [-0.15, -0.1) is 0 Å². The first-order valence-electron chi connectivity index (χ1n) is 5.57. The van der Waals surface area contributed by atoms with Crippen LogP contribution in [-0.4, -0.2) is 45.3 Å². The van der Waals surface area contributed by atoms with Gasteiger partial charge in [0.05, 0.1) is 18.2 Å². The number of rotatable bonds is 2. The highest BCUT2D eigenvalue weighted by atomic mass is 16.3. The molecule has 1 aliphatic heterocycles. The zero-order chi connectivity index (χ0) is 12.4. The topological polar surface area (TPSA) is 81.0 Å². The van der Waals surface area contributed by atoms with Gasteiger partial charge in [-0.05, 0) is 25.0 Å². The molecule has 0 aliphatic carbocycles. The first-order valence-corrected chi connectivity index (χ1v) is 5.57. The Morgan fingerprint density at radius 1 is 1.41 bits per heavy atom. The van der Waals surface area contributed by atoms with E-state index < -0.39 is 0 Å². The molecule has 1 saturated heterocycles. The summed E-state index contributed by atoms with van der Waals surface area (Å²) in [6, 6.07) is 3.71. The van der Waals surface area contributed by atoms with Gasteiger partial charge in [0, 0.05) is 12.6 Å². The number of aliphatic hydroxyl groups is 1. The zero-order valence-corrected chi connectivity index (χ0v) is 9.33. The molecule has 0 bridgehead atoms. The first-order chi connectivity index (χ1) is 8.13. The minimum atomic E-state index is -0.306. The van der Waals surface area contributed by atoms with Gasteiger partial charge in [-0.1, -0.05) is 0 Å². The Balaban J connectivity index is 2.24. The molecule has 1 fully saturated rings. The molecule has 5 nitrogen and oxygen atoms in total. The number of aliphatic hydroxyl groups excluding tert-OH is 1. The second-order valence-corrected chi connectivity index (χ2v) is 4.18. The van der Waals surface area contributed by atoms with Crippen LogP contribution in [-0.2, 0) is 0 Å². The van der Waals surface area contributed by atoms with Crippen LogP contribution in [0.5, 0.6) is 11.5 Å². The lowest BCUT2D eigenvalue weighted by molar-refractivity contribution is 0.0674. The maximum atomic E-state index is 12.1. The van der Waals surface area contributed by atoms with E-state index in [1.54, 1.807) is 4.90 Å². The van der Waals surface area contributed by atoms with E-state index >= 15 is 0 Å². The Morgan fingerprint density at radius 2 is 2.18 bits per heavy atom. The van der Waals surface area contributed by atoms with E-state index in [4.69, 9.17) is 10.2 Å². The normalized spacial score (nSPS) is 19.6. The summed E-state index contributed by atoms with van der Waals surface area (Å²) in [6.07, 6.45) is 1.64. The van der Waals surface area contributed by atoms with Crippen molar-refractivity contribution in [2.75, 3.05) is 13.2 Å². The second-order valence-electron chi connectivity index (χ2n) is 4.18. The largest absolute Gasteiger partial charge is 0.508 e. The molecule has 92 valence electrons. The van der Waals surface area contributed by atoms with E-state index in [9.17, 15) is 9.90 Å². The van der Waals surface area contributed by atoms with Gasteiger partial charge in [0.2, 0.25) is 0 Å². The molecule has 0 aromatic heterocycles. The third kappa shape index (κ3) is 2.19. The molecule has 0 radical (unpaired) electrons. The summed E-state index contributed by atoms with van der Waals surface area (Å²) in [6.45, 7) is 0.523. The number of hydrogen-bond donors (Lipinski definition) is 3. The minimum Gasteiger partial charge on any atom is -0.508 e. The van der Waals surface area contributed by atoms with Crippen LogP contribution in [0.3, 0.4) is 0 Å². The van der Waals surface area contributed by atoms with Crippen LogP contribution in [0.4, 0.5) is 0 Å². The van der Waals surface area contributed by atoms with Crippen molar-refractivity contribution in [1.29, 1.82) is 0 Å². The van der Waals surface area contributed by atoms with Crippen molar-refractivity contribution in [3.8, 4) is 11.5 Å². The van der Waals surface area contributed by atoms with E-state index in [1.807, 2.05) is 0 Å². The number of hydrogen-bond acceptors (Lipinski definition) is 4. The average Bonchev–Trinajstić information content (AvgIpc) is 2.76. The molecule has 1 atom stereocenters. The molecule has 17 heavy (non-hydrogen) atoms. The van der Waals surface area contributed by atoms with E-state index in [2.05, 4.69) is 0 Å². The molecule has 0 unspecified atom stereocenters. The Bertz CT molecular complexity index is 433. The van der Waals surface area contributed by atoms with E-state index in [-0.39, 0.29) is 35.6 Å². The molecule has 5 heteroatoms. The van der Waals surface area contributed by atoms with Crippen LogP contribution in [0.2, 0.25) is 0 Å². The van der Waals surface area contributed by atoms with Gasteiger partial charge in [-0.25, -0.2) is 0 Å². The maximum absolute atomic E-state index is 12.1. The third-order valence-electron chi connectivity index (χ3n) is 3.06. The first kappa shape index (κ1) is 11.7. The Labute approximate surface area is 98.9 Å². The quantitative estimate of drug-likeness (QED) is 0.707. The van der Waals surface area contributed by atoms with Crippen molar-refractivity contribution < 1.29 is 20.1 Å². The van der Waals surface area contributed by atoms with Crippen molar-refractivity contribution in [3.63, 3.8) is 0 Å². The smallest absolute Gasteiger partial charge is 0.257 e. The fraction of sp³-hybridized carbons (Fsp3) is 0.417. The molecule has 1 aromatic rings. The summed E-state index contributed by atoms with van der Waals surface area (Å²) in [4.78, 5) is 13.7. The van der Waals surface area contributed by atoms with Crippen LogP contribution in [0.25, 0.3) is 0 Å². The lowest BCUT2D eigenvalue weighted by atomic mass is 10.1. The van der Waals surface area contributed by atoms with Crippen molar-refractivity contribution in [2.45, 2.75) is 18.9 Å². The van der Waals surface area contributed by atoms with Crippen LogP contribution in [0.15, 0.2) is 18.2 Å². The number of phenolic OH excluding ortho intramolecular Hbond substituents is 2. The van der Waals surface area contributed by atoms with Crippen molar-refractivity contribution in [1.82, 2.24) is 4.90 Å². The van der Waals surface area contributed by atoms with Crippen LogP contribution >= 0.6 is 0 Å². The molecule has 0 spiro atoms. The van der Waals surface area contributed by atoms with Gasteiger partial charge < -0.3 is 20.2 Å². The number of nitrogens with zero attached hydrogens (tertiary/aromatic N) is 1. The highest BCUT2D eigenvalue weighted by Crippen LogP contribution is 2.27. The zero-order valence-electron chi connectivity index (χ0n) is 9.33. The number of likely N-dealkylation sites (tertiary alicyclic amines) is 1. The maximum Gasteiger partial charge on any atom is 0.257 e. The molecule has 1 aromatic carbocycles. The molecular formula is C12H15NO4.